The maximum absolute atomic E-state index is 13.9. The molecule has 1 aromatic carbocycles. The molecule has 0 radical (unpaired) electrons. The van der Waals surface area contributed by atoms with Crippen LogP contribution in [0.3, 0.4) is 0 Å². The highest BCUT2D eigenvalue weighted by molar-refractivity contribution is 5.95. The second kappa shape index (κ2) is 12.4. The first-order valence-corrected chi connectivity index (χ1v) is 15.7. The molecule has 5 nitrogen and oxygen atoms in total. The highest BCUT2D eigenvalue weighted by Gasteiger charge is 2.54. The first-order chi connectivity index (χ1) is 18.5. The molecule has 1 atom stereocenters. The van der Waals surface area contributed by atoms with Crippen molar-refractivity contribution in [3.05, 3.63) is 47.8 Å². The third-order valence-electron chi connectivity index (χ3n) is 9.59. The standard InChI is InChI=1S/C33H50N4O/c1-4-6-11-15-36(16-12-7-5-2)23-25(3)34-32(38)30-24-37(29-13-9-8-10-14-29)35-31(30)33-20-26-17-27(21-33)19-28(18-26)22-33/h8-10,13-14,24-28H,4-7,11-12,15-23H2,1-3H3,(H,34,38). The quantitative estimate of drug-likeness (QED) is 0.270. The van der Waals surface area contributed by atoms with Gasteiger partial charge >= 0.3 is 0 Å². The number of aromatic nitrogens is 2. The van der Waals surface area contributed by atoms with Crippen LogP contribution in [0.25, 0.3) is 5.69 Å². The van der Waals surface area contributed by atoms with Crippen LogP contribution in [0.2, 0.25) is 0 Å². The highest BCUT2D eigenvalue weighted by Crippen LogP contribution is 2.60. The number of hydrogen-bond acceptors (Lipinski definition) is 3. The Balaban J connectivity index is 1.35. The van der Waals surface area contributed by atoms with E-state index >= 15 is 0 Å². The summed E-state index contributed by atoms with van der Waals surface area (Å²) in [7, 11) is 0. The summed E-state index contributed by atoms with van der Waals surface area (Å²) in [6.45, 7) is 9.88. The van der Waals surface area contributed by atoms with Crippen LogP contribution >= 0.6 is 0 Å². The van der Waals surface area contributed by atoms with Gasteiger partial charge in [0.25, 0.3) is 5.91 Å². The van der Waals surface area contributed by atoms with Crippen LogP contribution in [0.1, 0.15) is 114 Å². The molecule has 4 fully saturated rings. The van der Waals surface area contributed by atoms with Crippen LogP contribution in [0.15, 0.2) is 36.5 Å². The van der Waals surface area contributed by atoms with E-state index in [1.54, 1.807) is 0 Å². The Labute approximate surface area is 230 Å². The Morgan fingerprint density at radius 3 is 2.11 bits per heavy atom. The molecule has 0 saturated heterocycles. The summed E-state index contributed by atoms with van der Waals surface area (Å²) in [6.07, 6.45) is 17.3. The lowest BCUT2D eigenvalue weighted by atomic mass is 9.48. The Kier molecular flexibility index (Phi) is 8.92. The van der Waals surface area contributed by atoms with Gasteiger partial charge in [0.15, 0.2) is 0 Å². The van der Waals surface area contributed by atoms with Crippen molar-refractivity contribution in [1.82, 2.24) is 20.0 Å². The SMILES string of the molecule is CCCCCN(CCCCC)CC(C)NC(=O)c1cn(-c2ccccc2)nc1C12CC3CC(CC(C3)C1)C2. The van der Waals surface area contributed by atoms with Crippen molar-refractivity contribution in [2.45, 2.75) is 109 Å². The lowest BCUT2D eigenvalue weighted by molar-refractivity contribution is -0.00771. The van der Waals surface area contributed by atoms with E-state index in [0.29, 0.717) is 0 Å². The zero-order valence-electron chi connectivity index (χ0n) is 24.1. The fraction of sp³-hybridized carbons (Fsp3) is 0.697. The van der Waals surface area contributed by atoms with Crippen LogP contribution in [0, 0.1) is 17.8 Å². The maximum atomic E-state index is 13.9. The largest absolute Gasteiger partial charge is 0.348 e. The Morgan fingerprint density at radius 2 is 1.55 bits per heavy atom. The summed E-state index contributed by atoms with van der Waals surface area (Å²) in [5.74, 6) is 2.51. The minimum atomic E-state index is 0.0625. The number of benzene rings is 1. The van der Waals surface area contributed by atoms with Gasteiger partial charge in [-0.05, 0) is 101 Å². The first kappa shape index (κ1) is 27.4. The topological polar surface area (TPSA) is 50.2 Å². The molecule has 1 amide bonds. The van der Waals surface area contributed by atoms with Gasteiger partial charge in [0.2, 0.25) is 0 Å². The molecule has 4 aliphatic carbocycles. The van der Waals surface area contributed by atoms with Crippen molar-refractivity contribution >= 4 is 5.91 Å². The summed E-state index contributed by atoms with van der Waals surface area (Å²) in [6, 6.07) is 10.4. The molecule has 1 N–H and O–H groups in total. The van der Waals surface area contributed by atoms with E-state index in [2.05, 4.69) is 55.3 Å². The minimum Gasteiger partial charge on any atom is -0.348 e. The van der Waals surface area contributed by atoms with Crippen LogP contribution < -0.4 is 5.32 Å². The van der Waals surface area contributed by atoms with E-state index in [-0.39, 0.29) is 17.4 Å². The smallest absolute Gasteiger partial charge is 0.255 e. The van der Waals surface area contributed by atoms with E-state index in [1.165, 1.54) is 77.0 Å². The minimum absolute atomic E-state index is 0.0625. The zero-order chi connectivity index (χ0) is 26.5. The number of carbonyl (C=O) groups is 1. The number of hydrogen-bond donors (Lipinski definition) is 1. The van der Waals surface area contributed by atoms with Gasteiger partial charge in [-0.3, -0.25) is 4.79 Å². The molecule has 1 unspecified atom stereocenters. The first-order valence-electron chi connectivity index (χ1n) is 15.7. The molecule has 6 rings (SSSR count). The predicted octanol–water partition coefficient (Wildman–Crippen LogP) is 7.14. The Hall–Kier alpha value is -2.14. The van der Waals surface area contributed by atoms with Crippen molar-refractivity contribution in [3.63, 3.8) is 0 Å². The number of carbonyl (C=O) groups excluding carboxylic acids is 1. The number of unbranched alkanes of at least 4 members (excludes halogenated alkanes) is 4. The number of rotatable bonds is 14. The summed E-state index contributed by atoms with van der Waals surface area (Å²) in [4.78, 5) is 16.5. The van der Waals surface area contributed by atoms with Crippen molar-refractivity contribution in [2.75, 3.05) is 19.6 Å². The molecule has 4 bridgehead atoms. The molecular formula is C33H50N4O. The van der Waals surface area contributed by atoms with Gasteiger partial charge in [-0.25, -0.2) is 4.68 Å². The predicted molar refractivity (Wildman–Crippen MR) is 156 cm³/mol. The molecule has 0 spiro atoms. The maximum Gasteiger partial charge on any atom is 0.255 e. The fourth-order valence-electron chi connectivity index (χ4n) is 8.25. The van der Waals surface area contributed by atoms with E-state index in [1.807, 2.05) is 16.9 Å². The second-order valence-corrected chi connectivity index (χ2v) is 13.0. The van der Waals surface area contributed by atoms with Gasteiger partial charge in [-0.1, -0.05) is 57.7 Å². The van der Waals surface area contributed by atoms with Gasteiger partial charge in [-0.15, -0.1) is 0 Å². The van der Waals surface area contributed by atoms with Gasteiger partial charge in [0.05, 0.1) is 16.9 Å². The third-order valence-corrected chi connectivity index (χ3v) is 9.59. The molecule has 4 aliphatic rings. The summed E-state index contributed by atoms with van der Waals surface area (Å²) in [5.41, 5.74) is 3.00. The monoisotopic (exact) mass is 518 g/mol. The van der Waals surface area contributed by atoms with Crippen molar-refractivity contribution < 1.29 is 4.79 Å². The Bertz CT molecular complexity index is 999. The highest BCUT2D eigenvalue weighted by atomic mass is 16.1. The van der Waals surface area contributed by atoms with Gasteiger partial charge in [0.1, 0.15) is 0 Å². The summed E-state index contributed by atoms with van der Waals surface area (Å²) in [5, 5.41) is 8.62. The van der Waals surface area contributed by atoms with E-state index in [4.69, 9.17) is 5.10 Å². The second-order valence-electron chi connectivity index (χ2n) is 13.0. The fourth-order valence-corrected chi connectivity index (χ4v) is 8.25. The van der Waals surface area contributed by atoms with Gasteiger partial charge in [-0.2, -0.15) is 5.10 Å². The number of nitrogens with one attached hydrogen (secondary N) is 1. The number of nitrogens with zero attached hydrogens (tertiary/aromatic N) is 3. The molecule has 1 aromatic heterocycles. The van der Waals surface area contributed by atoms with Gasteiger partial charge < -0.3 is 10.2 Å². The molecule has 1 heterocycles. The third kappa shape index (κ3) is 6.19. The molecule has 4 saturated carbocycles. The zero-order valence-corrected chi connectivity index (χ0v) is 24.1. The van der Waals surface area contributed by atoms with Crippen LogP contribution in [-0.4, -0.2) is 46.3 Å². The van der Waals surface area contributed by atoms with E-state index < -0.39 is 0 Å². The van der Waals surface area contributed by atoms with Gasteiger partial charge in [0, 0.05) is 24.2 Å². The molecular weight excluding hydrogens is 468 g/mol. The average Bonchev–Trinajstić information content (AvgIpc) is 3.36. The average molecular weight is 519 g/mol. The van der Waals surface area contributed by atoms with Crippen molar-refractivity contribution in [1.29, 1.82) is 0 Å². The molecule has 208 valence electrons. The molecule has 2 aromatic rings. The summed E-state index contributed by atoms with van der Waals surface area (Å²) < 4.78 is 1.97. The van der Waals surface area contributed by atoms with E-state index in [9.17, 15) is 4.79 Å². The molecule has 0 aliphatic heterocycles. The Morgan fingerprint density at radius 1 is 0.974 bits per heavy atom. The lowest BCUT2D eigenvalue weighted by Crippen LogP contribution is -2.50. The number of amides is 1. The lowest BCUT2D eigenvalue weighted by Gasteiger charge is -2.56. The number of para-hydroxylation sites is 1. The summed E-state index contributed by atoms with van der Waals surface area (Å²) >= 11 is 0. The molecule has 38 heavy (non-hydrogen) atoms. The van der Waals surface area contributed by atoms with Crippen molar-refractivity contribution in [2.24, 2.45) is 17.8 Å². The van der Waals surface area contributed by atoms with Crippen molar-refractivity contribution in [3.8, 4) is 5.69 Å². The van der Waals surface area contributed by atoms with Crippen LogP contribution in [0.4, 0.5) is 0 Å². The normalized spacial score (nSPS) is 26.7. The van der Waals surface area contributed by atoms with E-state index in [0.717, 1.165) is 54.3 Å². The van der Waals surface area contributed by atoms with Crippen LogP contribution in [0.5, 0.6) is 0 Å². The molecule has 5 heteroatoms. The van der Waals surface area contributed by atoms with Crippen LogP contribution in [-0.2, 0) is 5.41 Å².